The number of alkyl carbamates (subject to hydrolysis) is 1. The molecule has 1 unspecified atom stereocenters. The zero-order chi connectivity index (χ0) is 25.1. The van der Waals surface area contributed by atoms with E-state index in [2.05, 4.69) is 10.3 Å². The van der Waals surface area contributed by atoms with E-state index in [1.165, 1.54) is 12.1 Å². The summed E-state index contributed by atoms with van der Waals surface area (Å²) in [5, 5.41) is 12.2. The van der Waals surface area contributed by atoms with E-state index >= 15 is 0 Å². The number of pyridine rings is 1. The van der Waals surface area contributed by atoms with Gasteiger partial charge in [-0.15, -0.1) is 0 Å². The smallest absolute Gasteiger partial charge is 0.407 e. The number of nitrogens with one attached hydrogen (secondary N) is 1. The van der Waals surface area contributed by atoms with Gasteiger partial charge in [0.2, 0.25) is 0 Å². The molecule has 0 radical (unpaired) electrons. The molecule has 1 heterocycles. The van der Waals surface area contributed by atoms with Crippen LogP contribution in [0.4, 0.5) is 9.18 Å². The maximum absolute atomic E-state index is 13.2. The van der Waals surface area contributed by atoms with E-state index < -0.39 is 18.1 Å². The van der Waals surface area contributed by atoms with E-state index in [1.54, 1.807) is 30.3 Å². The fourth-order valence-electron chi connectivity index (χ4n) is 4.57. The monoisotopic (exact) mass is 482 g/mol. The predicted molar refractivity (Wildman–Crippen MR) is 133 cm³/mol. The van der Waals surface area contributed by atoms with Gasteiger partial charge in [-0.3, -0.25) is 4.98 Å². The second-order valence-corrected chi connectivity index (χ2v) is 8.59. The van der Waals surface area contributed by atoms with Crippen molar-refractivity contribution in [2.24, 2.45) is 0 Å². The average Bonchev–Trinajstić information content (AvgIpc) is 3.21. The van der Waals surface area contributed by atoms with Crippen LogP contribution in [-0.2, 0) is 16.0 Å². The van der Waals surface area contributed by atoms with Crippen LogP contribution in [0, 0.1) is 5.82 Å². The summed E-state index contributed by atoms with van der Waals surface area (Å²) < 4.78 is 18.7. The molecule has 0 saturated carbocycles. The molecule has 1 amide bonds. The highest BCUT2D eigenvalue weighted by atomic mass is 19.1. The summed E-state index contributed by atoms with van der Waals surface area (Å²) in [6.07, 6.45) is -0.840. The van der Waals surface area contributed by atoms with Crippen molar-refractivity contribution < 1.29 is 23.8 Å². The number of fused-ring (bicyclic) bond motifs is 3. The van der Waals surface area contributed by atoms with Crippen molar-refractivity contribution in [3.63, 3.8) is 0 Å². The number of carbonyl (C=O) groups excluding carboxylic acids is 1. The van der Waals surface area contributed by atoms with Gasteiger partial charge in [0, 0.05) is 23.6 Å². The first-order valence-corrected chi connectivity index (χ1v) is 11.6. The van der Waals surface area contributed by atoms with Crippen LogP contribution in [0.5, 0.6) is 0 Å². The molecule has 1 aromatic heterocycles. The van der Waals surface area contributed by atoms with Crippen LogP contribution in [-0.4, -0.2) is 34.8 Å². The Morgan fingerprint density at radius 2 is 1.53 bits per heavy atom. The van der Waals surface area contributed by atoms with Crippen LogP contribution in [0.15, 0.2) is 91.0 Å². The lowest BCUT2D eigenvalue weighted by Gasteiger charge is -2.17. The molecule has 0 spiro atoms. The van der Waals surface area contributed by atoms with Crippen LogP contribution in [0.1, 0.15) is 22.7 Å². The van der Waals surface area contributed by atoms with Gasteiger partial charge < -0.3 is 15.2 Å². The lowest BCUT2D eigenvalue weighted by molar-refractivity contribution is -0.139. The molecule has 0 saturated heterocycles. The Bertz CT molecular complexity index is 1380. The Morgan fingerprint density at radius 3 is 2.17 bits per heavy atom. The maximum Gasteiger partial charge on any atom is 0.407 e. The van der Waals surface area contributed by atoms with Gasteiger partial charge in [0.25, 0.3) is 0 Å². The number of rotatable bonds is 7. The summed E-state index contributed by atoms with van der Waals surface area (Å²) in [6.45, 7) is 0.0878. The van der Waals surface area contributed by atoms with Crippen molar-refractivity contribution in [3.05, 3.63) is 114 Å². The largest absolute Gasteiger partial charge is 0.480 e. The number of aliphatic carboxylic acids is 1. The van der Waals surface area contributed by atoms with Crippen molar-refractivity contribution in [2.45, 2.75) is 18.4 Å². The van der Waals surface area contributed by atoms with E-state index in [1.807, 2.05) is 48.5 Å². The van der Waals surface area contributed by atoms with Crippen LogP contribution < -0.4 is 5.32 Å². The summed E-state index contributed by atoms with van der Waals surface area (Å²) >= 11 is 0. The number of hydrogen-bond acceptors (Lipinski definition) is 4. The summed E-state index contributed by atoms with van der Waals surface area (Å²) in [5.41, 5.74) is 6.12. The van der Waals surface area contributed by atoms with Crippen LogP contribution in [0.25, 0.3) is 22.4 Å². The van der Waals surface area contributed by atoms with Gasteiger partial charge in [-0.1, -0.05) is 54.6 Å². The SMILES string of the molecule is O=C(NC(Cc1cccc(-c2ccc(F)cc2)n1)C(=O)O)OCC1c2ccccc2-c2ccccc21. The van der Waals surface area contributed by atoms with Crippen molar-refractivity contribution in [3.8, 4) is 22.4 Å². The van der Waals surface area contributed by atoms with Gasteiger partial charge >= 0.3 is 12.1 Å². The molecule has 5 rings (SSSR count). The molecular weight excluding hydrogens is 459 g/mol. The normalized spacial score (nSPS) is 12.9. The van der Waals surface area contributed by atoms with Crippen molar-refractivity contribution in [2.75, 3.05) is 6.61 Å². The van der Waals surface area contributed by atoms with Gasteiger partial charge in [-0.2, -0.15) is 0 Å². The lowest BCUT2D eigenvalue weighted by atomic mass is 9.98. The summed E-state index contributed by atoms with van der Waals surface area (Å²) in [7, 11) is 0. The summed E-state index contributed by atoms with van der Waals surface area (Å²) in [4.78, 5) is 29.0. The Labute approximate surface area is 207 Å². The molecular formula is C29H23FN2O4. The molecule has 6 nitrogen and oxygen atoms in total. The third-order valence-corrected chi connectivity index (χ3v) is 6.29. The Balaban J connectivity index is 1.26. The molecule has 3 aromatic carbocycles. The molecule has 36 heavy (non-hydrogen) atoms. The van der Waals surface area contributed by atoms with Gasteiger partial charge in [-0.05, 0) is 58.7 Å². The first kappa shape index (κ1) is 23.2. The predicted octanol–water partition coefficient (Wildman–Crippen LogP) is 5.42. The van der Waals surface area contributed by atoms with E-state index in [-0.39, 0.29) is 24.8 Å². The minimum Gasteiger partial charge on any atom is -0.480 e. The molecule has 4 aromatic rings. The highest BCUT2D eigenvalue weighted by Crippen LogP contribution is 2.44. The molecule has 0 bridgehead atoms. The molecule has 0 aliphatic heterocycles. The minimum absolute atomic E-state index is 0.0332. The maximum atomic E-state index is 13.2. The molecule has 0 fully saturated rings. The quantitative estimate of drug-likeness (QED) is 0.367. The van der Waals surface area contributed by atoms with Gasteiger partial charge in [0.1, 0.15) is 18.5 Å². The number of hydrogen-bond donors (Lipinski definition) is 2. The second-order valence-electron chi connectivity index (χ2n) is 8.59. The molecule has 1 aliphatic rings. The topological polar surface area (TPSA) is 88.5 Å². The number of carboxylic acids is 1. The van der Waals surface area contributed by atoms with Gasteiger partial charge in [0.05, 0.1) is 5.69 Å². The fourth-order valence-corrected chi connectivity index (χ4v) is 4.57. The lowest BCUT2D eigenvalue weighted by Crippen LogP contribution is -2.43. The Morgan fingerprint density at radius 1 is 0.889 bits per heavy atom. The summed E-state index contributed by atoms with van der Waals surface area (Å²) in [5.74, 6) is -1.67. The van der Waals surface area contributed by atoms with Gasteiger partial charge in [-0.25, -0.2) is 14.0 Å². The number of aromatic nitrogens is 1. The number of halogens is 1. The van der Waals surface area contributed by atoms with Crippen LogP contribution in [0.2, 0.25) is 0 Å². The Kier molecular flexibility index (Phi) is 6.45. The number of carbonyl (C=O) groups is 2. The van der Waals surface area contributed by atoms with E-state index in [9.17, 15) is 19.1 Å². The number of ether oxygens (including phenoxy) is 1. The third-order valence-electron chi connectivity index (χ3n) is 6.29. The first-order chi connectivity index (χ1) is 17.5. The molecule has 7 heteroatoms. The Hall–Kier alpha value is -4.52. The number of benzene rings is 3. The minimum atomic E-state index is -1.23. The number of carboxylic acid groups (broad SMARTS) is 1. The van der Waals surface area contributed by atoms with Gasteiger partial charge in [0.15, 0.2) is 0 Å². The molecule has 180 valence electrons. The van der Waals surface area contributed by atoms with E-state index in [4.69, 9.17) is 4.74 Å². The van der Waals surface area contributed by atoms with Crippen molar-refractivity contribution in [1.82, 2.24) is 10.3 Å². The van der Waals surface area contributed by atoms with E-state index in [0.29, 0.717) is 17.0 Å². The summed E-state index contributed by atoms with van der Waals surface area (Å²) in [6, 6.07) is 25.8. The van der Waals surface area contributed by atoms with E-state index in [0.717, 1.165) is 22.3 Å². The average molecular weight is 483 g/mol. The third kappa shape index (κ3) is 4.81. The fraction of sp³-hybridized carbons (Fsp3) is 0.138. The molecule has 2 N–H and O–H groups in total. The van der Waals surface area contributed by atoms with Crippen molar-refractivity contribution in [1.29, 1.82) is 0 Å². The second kappa shape index (κ2) is 10.00. The molecule has 1 atom stereocenters. The van der Waals surface area contributed by atoms with Crippen molar-refractivity contribution >= 4 is 12.1 Å². The highest BCUT2D eigenvalue weighted by molar-refractivity contribution is 5.81. The number of amides is 1. The molecule has 1 aliphatic carbocycles. The van der Waals surface area contributed by atoms with Crippen LogP contribution in [0.3, 0.4) is 0 Å². The highest BCUT2D eigenvalue weighted by Gasteiger charge is 2.30. The zero-order valence-corrected chi connectivity index (χ0v) is 19.2. The zero-order valence-electron chi connectivity index (χ0n) is 19.2. The first-order valence-electron chi connectivity index (χ1n) is 11.6. The standard InChI is InChI=1S/C29H23FN2O4/c30-19-14-12-18(13-15-19)26-11-5-6-20(31-26)16-27(28(33)34)32-29(35)36-17-25-23-9-3-1-7-21(23)22-8-2-4-10-24(22)25/h1-15,25,27H,16-17H2,(H,32,35)(H,33,34). The van der Waals surface area contributed by atoms with Crippen LogP contribution >= 0.6 is 0 Å². The number of nitrogens with zero attached hydrogens (tertiary/aromatic N) is 1.